The topological polar surface area (TPSA) is 28.0 Å². The predicted octanol–water partition coefficient (Wildman–Crippen LogP) is 1.14. The zero-order valence-corrected chi connectivity index (χ0v) is 4.18. The predicted molar refractivity (Wildman–Crippen MR) is 24.6 cm³/mol. The van der Waals surface area contributed by atoms with Crippen molar-refractivity contribution < 1.29 is 13.3 Å². The van der Waals surface area contributed by atoms with Crippen LogP contribution in [0, 0.1) is 0 Å². The minimum atomic E-state index is -1.12. The summed E-state index contributed by atoms with van der Waals surface area (Å²) in [5.41, 5.74) is 0. The van der Waals surface area contributed by atoms with E-state index in [4.69, 9.17) is 0 Å². The van der Waals surface area contributed by atoms with Crippen LogP contribution in [0.25, 0.3) is 0 Å². The van der Waals surface area contributed by atoms with Gasteiger partial charge in [-0.2, -0.15) is 8.78 Å². The monoisotopic (exact) mass is 137 g/mol. The summed E-state index contributed by atoms with van der Waals surface area (Å²) in [6.45, 7) is 0. The zero-order valence-electron chi connectivity index (χ0n) is 4.18. The van der Waals surface area contributed by atoms with E-state index < -0.39 is 23.7 Å². The van der Waals surface area contributed by atoms with Gasteiger partial charge in [-0.05, 0) is 0 Å². The Morgan fingerprint density at radius 3 is 2.00 bits per heavy atom. The minimum Gasteiger partial charge on any atom is -0.187 e. The molecule has 0 amide bonds. The average molecular weight is 137 g/mol. The van der Waals surface area contributed by atoms with Gasteiger partial charge in [0.25, 0.3) is 0 Å². The molecule has 1 heterocycles. The van der Waals surface area contributed by atoms with E-state index in [0.717, 1.165) is 0 Å². The molecule has 0 unspecified atom stereocenters. The van der Waals surface area contributed by atoms with Gasteiger partial charge in [-0.3, -0.25) is 0 Å². The number of hydrazone groups is 2. The second kappa shape index (κ2) is 2.04. The lowest BCUT2D eigenvalue weighted by atomic mass is 10.4. The Labute approximate surface area is 48.4 Å². The molecule has 0 bridgehead atoms. The van der Waals surface area contributed by atoms with Crippen molar-refractivity contribution in [3.63, 3.8) is 0 Å². The molecule has 6 heteroatoms. The molecule has 3 nitrogen and oxygen atoms in total. The number of nitrogens with zero attached hydrogens (tertiary/aromatic N) is 3. The molecule has 0 aromatic heterocycles. The normalized spacial score (nSPS) is 19.2. The van der Waals surface area contributed by atoms with Crippen molar-refractivity contribution in [2.45, 2.75) is 6.42 Å². The molecule has 0 saturated heterocycles. The first kappa shape index (κ1) is 6.06. The molecule has 0 radical (unpaired) electrons. The molecule has 1 aliphatic rings. The molecule has 0 aromatic rings. The fourth-order valence-corrected chi connectivity index (χ4v) is 0.393. The van der Waals surface area contributed by atoms with E-state index in [0.29, 0.717) is 0 Å². The van der Waals surface area contributed by atoms with Gasteiger partial charge in [0.1, 0.15) is 0 Å². The van der Waals surface area contributed by atoms with E-state index in [1.54, 1.807) is 0 Å². The number of halogens is 3. The van der Waals surface area contributed by atoms with Gasteiger partial charge in [-0.15, -0.1) is 0 Å². The van der Waals surface area contributed by atoms with Crippen molar-refractivity contribution in [2.24, 2.45) is 10.2 Å². The fraction of sp³-hybridized carbons (Fsp3) is 0.333. The van der Waals surface area contributed by atoms with Crippen LogP contribution in [0.4, 0.5) is 13.3 Å². The van der Waals surface area contributed by atoms with E-state index in [1.807, 2.05) is 0 Å². The summed E-state index contributed by atoms with van der Waals surface area (Å²) in [6, 6.07) is 0. The van der Waals surface area contributed by atoms with Crippen LogP contribution in [0.5, 0.6) is 0 Å². The molecular formula is C3H2F3N3. The largest absolute Gasteiger partial charge is 0.221 e. The maximum absolute atomic E-state index is 11.8. The first-order valence-electron chi connectivity index (χ1n) is 2.10. The standard InChI is InChI=1S/C3H2F3N3/c4-2-1-3(5)8-9(6)7-2/h1H2. The smallest absolute Gasteiger partial charge is 0.187 e. The van der Waals surface area contributed by atoms with Gasteiger partial charge >= 0.3 is 0 Å². The van der Waals surface area contributed by atoms with Crippen LogP contribution in [0.3, 0.4) is 0 Å². The summed E-state index contributed by atoms with van der Waals surface area (Å²) in [5, 5.41) is 4.40. The maximum Gasteiger partial charge on any atom is 0.221 e. The fourth-order valence-electron chi connectivity index (χ4n) is 0.393. The van der Waals surface area contributed by atoms with Crippen molar-refractivity contribution in [3.05, 3.63) is 0 Å². The zero-order chi connectivity index (χ0) is 6.85. The Kier molecular flexibility index (Phi) is 1.37. The van der Waals surface area contributed by atoms with Crippen molar-refractivity contribution in [2.75, 3.05) is 0 Å². The maximum atomic E-state index is 11.8. The summed E-state index contributed by atoms with van der Waals surface area (Å²) in [7, 11) is 0. The quantitative estimate of drug-likeness (QED) is 0.460. The van der Waals surface area contributed by atoms with Gasteiger partial charge in [-0.25, -0.2) is 0 Å². The first-order chi connectivity index (χ1) is 4.18. The molecule has 50 valence electrons. The van der Waals surface area contributed by atoms with Crippen LogP contribution in [-0.4, -0.2) is 17.3 Å². The molecule has 0 aromatic carbocycles. The molecule has 0 atom stereocenters. The highest BCUT2D eigenvalue weighted by Crippen LogP contribution is 2.06. The van der Waals surface area contributed by atoms with Gasteiger partial charge in [0.05, 0.1) is 6.42 Å². The summed E-state index contributed by atoms with van der Waals surface area (Å²) in [5.74, 6) is -2.24. The third-order valence-corrected chi connectivity index (χ3v) is 0.674. The highest BCUT2D eigenvalue weighted by Gasteiger charge is 2.13. The lowest BCUT2D eigenvalue weighted by molar-refractivity contribution is 0.0267. The molecule has 1 rings (SSSR count). The molecule has 9 heavy (non-hydrogen) atoms. The third-order valence-electron chi connectivity index (χ3n) is 0.674. The van der Waals surface area contributed by atoms with Crippen LogP contribution in [0.15, 0.2) is 10.2 Å². The molecule has 0 fully saturated rings. The van der Waals surface area contributed by atoms with Gasteiger partial charge in [0.15, 0.2) is 0 Å². The second-order valence-electron chi connectivity index (χ2n) is 1.37. The van der Waals surface area contributed by atoms with Crippen molar-refractivity contribution in [1.29, 1.82) is 0 Å². The Morgan fingerprint density at radius 1 is 1.22 bits per heavy atom. The van der Waals surface area contributed by atoms with E-state index in [9.17, 15) is 13.3 Å². The molecular weight excluding hydrogens is 135 g/mol. The summed E-state index contributed by atoms with van der Waals surface area (Å²) >= 11 is 0. The molecule has 0 spiro atoms. The minimum absolute atomic E-state index is 0.645. The van der Waals surface area contributed by atoms with E-state index in [1.165, 1.54) is 0 Å². The Balaban J connectivity index is 2.69. The van der Waals surface area contributed by atoms with Gasteiger partial charge in [0.2, 0.25) is 11.9 Å². The lowest BCUT2D eigenvalue weighted by Gasteiger charge is -2.04. The van der Waals surface area contributed by atoms with E-state index >= 15 is 0 Å². The van der Waals surface area contributed by atoms with Gasteiger partial charge < -0.3 is 0 Å². The Morgan fingerprint density at radius 2 is 1.67 bits per heavy atom. The molecule has 0 saturated carbocycles. The van der Waals surface area contributed by atoms with E-state index in [2.05, 4.69) is 10.2 Å². The molecule has 0 N–H and O–H groups in total. The average Bonchev–Trinajstić information content (AvgIpc) is 1.59. The number of hydrogen-bond acceptors (Lipinski definition) is 3. The Bertz CT molecular complexity index is 157. The SMILES string of the molecule is FC1=NN(F)N=C(F)C1. The molecule has 1 aliphatic heterocycles. The van der Waals surface area contributed by atoms with Crippen molar-refractivity contribution >= 4 is 11.9 Å². The van der Waals surface area contributed by atoms with E-state index in [-0.39, 0.29) is 0 Å². The van der Waals surface area contributed by atoms with Crippen molar-refractivity contribution in [3.8, 4) is 0 Å². The number of hydrogen-bond donors (Lipinski definition) is 0. The Hall–Kier alpha value is -1.07. The highest BCUT2D eigenvalue weighted by molar-refractivity contribution is 5.96. The van der Waals surface area contributed by atoms with Crippen LogP contribution < -0.4 is 0 Å². The first-order valence-corrected chi connectivity index (χ1v) is 2.10. The van der Waals surface area contributed by atoms with Crippen LogP contribution >= 0.6 is 0 Å². The van der Waals surface area contributed by atoms with Crippen LogP contribution in [0.1, 0.15) is 6.42 Å². The second-order valence-corrected chi connectivity index (χ2v) is 1.37. The summed E-state index contributed by atoms with van der Waals surface area (Å²) in [4.78, 5) is 0. The lowest BCUT2D eigenvalue weighted by Crippen LogP contribution is -2.12. The summed E-state index contributed by atoms with van der Waals surface area (Å²) < 4.78 is 35.3. The number of rotatable bonds is 0. The summed E-state index contributed by atoms with van der Waals surface area (Å²) in [6.07, 6.45) is -0.652. The highest BCUT2D eigenvalue weighted by atomic mass is 19.2. The van der Waals surface area contributed by atoms with Crippen molar-refractivity contribution in [1.82, 2.24) is 5.34 Å². The third kappa shape index (κ3) is 1.41. The van der Waals surface area contributed by atoms with Crippen LogP contribution in [0.2, 0.25) is 0 Å². The van der Waals surface area contributed by atoms with Gasteiger partial charge in [-0.1, -0.05) is 14.7 Å². The van der Waals surface area contributed by atoms with Crippen LogP contribution in [-0.2, 0) is 0 Å². The van der Waals surface area contributed by atoms with Gasteiger partial charge in [0, 0.05) is 5.34 Å². The molecule has 0 aliphatic carbocycles.